The van der Waals surface area contributed by atoms with Gasteiger partial charge in [-0.05, 0) is 12.1 Å². The lowest BCUT2D eigenvalue weighted by Gasteiger charge is -2.08. The van der Waals surface area contributed by atoms with Crippen LogP contribution in [0.1, 0.15) is 6.92 Å². The standard InChI is InChI=1S/C12H12FN3O2S/c1-2-19(17,18)10-7-15-12(14)16-11(10)8-4-3-5-9(13)6-8/h3-7H,2H2,1H3,(H2,14,15,16). The molecule has 0 aliphatic rings. The van der Waals surface area contributed by atoms with Gasteiger partial charge in [-0.3, -0.25) is 0 Å². The normalized spacial score (nSPS) is 11.5. The van der Waals surface area contributed by atoms with Gasteiger partial charge in [0.05, 0.1) is 17.6 Å². The molecule has 2 aromatic rings. The minimum Gasteiger partial charge on any atom is -0.368 e. The van der Waals surface area contributed by atoms with Gasteiger partial charge in [0.25, 0.3) is 0 Å². The van der Waals surface area contributed by atoms with Gasteiger partial charge in [-0.1, -0.05) is 19.1 Å². The number of nitrogen functional groups attached to an aromatic ring is 1. The van der Waals surface area contributed by atoms with Gasteiger partial charge in [0.15, 0.2) is 9.84 Å². The minimum atomic E-state index is -3.51. The third-order valence-corrected chi connectivity index (χ3v) is 4.32. The lowest BCUT2D eigenvalue weighted by molar-refractivity contribution is 0.596. The average Bonchev–Trinajstić information content (AvgIpc) is 2.38. The highest BCUT2D eigenvalue weighted by atomic mass is 32.2. The molecular formula is C12H12FN3O2S. The van der Waals surface area contributed by atoms with Crippen molar-refractivity contribution in [3.8, 4) is 11.3 Å². The number of hydrogen-bond donors (Lipinski definition) is 1. The molecule has 1 aromatic carbocycles. The van der Waals surface area contributed by atoms with E-state index in [2.05, 4.69) is 9.97 Å². The molecule has 0 spiro atoms. The minimum absolute atomic E-state index is 0.0465. The van der Waals surface area contributed by atoms with E-state index in [1.807, 2.05) is 0 Å². The summed E-state index contributed by atoms with van der Waals surface area (Å²) in [6, 6.07) is 5.52. The Bertz CT molecular complexity index is 717. The molecular weight excluding hydrogens is 269 g/mol. The lowest BCUT2D eigenvalue weighted by Crippen LogP contribution is -2.09. The van der Waals surface area contributed by atoms with E-state index in [1.165, 1.54) is 25.1 Å². The number of anilines is 1. The summed E-state index contributed by atoms with van der Waals surface area (Å²) in [6.45, 7) is 1.51. The van der Waals surface area contributed by atoms with Crippen molar-refractivity contribution in [2.45, 2.75) is 11.8 Å². The maximum atomic E-state index is 13.2. The molecule has 2 N–H and O–H groups in total. The Morgan fingerprint density at radius 3 is 2.74 bits per heavy atom. The maximum absolute atomic E-state index is 13.2. The first-order chi connectivity index (χ1) is 8.94. The van der Waals surface area contributed by atoms with Gasteiger partial charge >= 0.3 is 0 Å². The Morgan fingerprint density at radius 2 is 2.11 bits per heavy atom. The summed E-state index contributed by atoms with van der Waals surface area (Å²) in [6.07, 6.45) is 1.15. The molecule has 2 rings (SSSR count). The third kappa shape index (κ3) is 2.70. The SMILES string of the molecule is CCS(=O)(=O)c1cnc(N)nc1-c1cccc(F)c1. The van der Waals surface area contributed by atoms with Crippen molar-refractivity contribution in [2.24, 2.45) is 0 Å². The van der Waals surface area contributed by atoms with Crippen molar-refractivity contribution in [3.63, 3.8) is 0 Å². The second-order valence-electron chi connectivity index (χ2n) is 3.85. The molecule has 0 saturated carbocycles. The van der Waals surface area contributed by atoms with Crippen molar-refractivity contribution in [1.29, 1.82) is 0 Å². The molecule has 1 aromatic heterocycles. The van der Waals surface area contributed by atoms with Crippen molar-refractivity contribution in [3.05, 3.63) is 36.3 Å². The van der Waals surface area contributed by atoms with Crippen LogP contribution in [0.5, 0.6) is 0 Å². The number of nitrogens with two attached hydrogens (primary N) is 1. The quantitative estimate of drug-likeness (QED) is 0.924. The van der Waals surface area contributed by atoms with Crippen molar-refractivity contribution in [2.75, 3.05) is 11.5 Å². The Kier molecular flexibility index (Phi) is 3.48. The van der Waals surface area contributed by atoms with E-state index >= 15 is 0 Å². The van der Waals surface area contributed by atoms with Crippen LogP contribution >= 0.6 is 0 Å². The van der Waals surface area contributed by atoms with Crippen LogP contribution < -0.4 is 5.73 Å². The highest BCUT2D eigenvalue weighted by molar-refractivity contribution is 7.91. The van der Waals surface area contributed by atoms with Crippen LogP contribution in [0.15, 0.2) is 35.4 Å². The Balaban J connectivity index is 2.72. The van der Waals surface area contributed by atoms with E-state index in [0.717, 1.165) is 6.20 Å². The van der Waals surface area contributed by atoms with E-state index in [9.17, 15) is 12.8 Å². The van der Waals surface area contributed by atoms with Crippen LogP contribution in [0.25, 0.3) is 11.3 Å². The highest BCUT2D eigenvalue weighted by Crippen LogP contribution is 2.26. The van der Waals surface area contributed by atoms with Crippen molar-refractivity contribution >= 4 is 15.8 Å². The molecule has 0 bridgehead atoms. The maximum Gasteiger partial charge on any atom is 0.220 e. The monoisotopic (exact) mass is 281 g/mol. The molecule has 0 unspecified atom stereocenters. The zero-order valence-electron chi connectivity index (χ0n) is 10.2. The van der Waals surface area contributed by atoms with E-state index in [0.29, 0.717) is 5.56 Å². The number of benzene rings is 1. The molecule has 0 aliphatic heterocycles. The van der Waals surface area contributed by atoms with Crippen LogP contribution in [-0.2, 0) is 9.84 Å². The first kappa shape index (κ1) is 13.4. The van der Waals surface area contributed by atoms with E-state index in [4.69, 9.17) is 5.73 Å². The number of aromatic nitrogens is 2. The zero-order chi connectivity index (χ0) is 14.0. The number of nitrogens with zero attached hydrogens (tertiary/aromatic N) is 2. The Labute approximate surface area is 110 Å². The molecule has 7 heteroatoms. The van der Waals surface area contributed by atoms with Gasteiger partial charge in [0.1, 0.15) is 10.7 Å². The molecule has 0 fully saturated rings. The summed E-state index contributed by atoms with van der Waals surface area (Å²) in [5.74, 6) is -0.633. The molecule has 0 amide bonds. The van der Waals surface area contributed by atoms with Gasteiger partial charge < -0.3 is 5.73 Å². The van der Waals surface area contributed by atoms with E-state index in [-0.39, 0.29) is 22.3 Å². The molecule has 19 heavy (non-hydrogen) atoms. The van der Waals surface area contributed by atoms with Crippen molar-refractivity contribution < 1.29 is 12.8 Å². The van der Waals surface area contributed by atoms with E-state index < -0.39 is 15.7 Å². The van der Waals surface area contributed by atoms with Gasteiger partial charge in [-0.15, -0.1) is 0 Å². The molecule has 0 radical (unpaired) electrons. The summed E-state index contributed by atoms with van der Waals surface area (Å²) < 4.78 is 37.2. The van der Waals surface area contributed by atoms with Crippen molar-refractivity contribution in [1.82, 2.24) is 9.97 Å². The fourth-order valence-corrected chi connectivity index (χ4v) is 2.59. The summed E-state index contributed by atoms with van der Waals surface area (Å²) in [4.78, 5) is 7.57. The number of hydrogen-bond acceptors (Lipinski definition) is 5. The predicted molar refractivity (Wildman–Crippen MR) is 69.6 cm³/mol. The van der Waals surface area contributed by atoms with Gasteiger partial charge in [-0.25, -0.2) is 22.8 Å². The first-order valence-corrected chi connectivity index (χ1v) is 7.20. The highest BCUT2D eigenvalue weighted by Gasteiger charge is 2.20. The first-order valence-electron chi connectivity index (χ1n) is 5.55. The predicted octanol–water partition coefficient (Wildman–Crippen LogP) is 1.66. The molecule has 0 saturated heterocycles. The summed E-state index contributed by atoms with van der Waals surface area (Å²) >= 11 is 0. The summed E-state index contributed by atoms with van der Waals surface area (Å²) in [7, 11) is -3.51. The Morgan fingerprint density at radius 1 is 1.37 bits per heavy atom. The van der Waals surface area contributed by atoms with E-state index in [1.54, 1.807) is 6.07 Å². The molecule has 0 aliphatic carbocycles. The lowest BCUT2D eigenvalue weighted by atomic mass is 10.1. The molecule has 5 nitrogen and oxygen atoms in total. The smallest absolute Gasteiger partial charge is 0.220 e. The zero-order valence-corrected chi connectivity index (χ0v) is 11.0. The third-order valence-electron chi connectivity index (χ3n) is 2.59. The molecule has 0 atom stereocenters. The summed E-state index contributed by atoms with van der Waals surface area (Å²) in [5, 5.41) is 0. The summed E-state index contributed by atoms with van der Waals surface area (Å²) in [5.41, 5.74) is 5.94. The van der Waals surface area contributed by atoms with Crippen LogP contribution in [0, 0.1) is 5.82 Å². The van der Waals surface area contributed by atoms with Crippen LogP contribution in [-0.4, -0.2) is 24.1 Å². The average molecular weight is 281 g/mol. The topological polar surface area (TPSA) is 85.9 Å². The van der Waals surface area contributed by atoms with Crippen LogP contribution in [0.3, 0.4) is 0 Å². The molecule has 100 valence electrons. The largest absolute Gasteiger partial charge is 0.368 e. The fraction of sp³-hybridized carbons (Fsp3) is 0.167. The number of halogens is 1. The molecule has 1 heterocycles. The second-order valence-corrected chi connectivity index (χ2v) is 6.10. The van der Waals surface area contributed by atoms with Gasteiger partial charge in [0, 0.05) is 5.56 Å². The number of sulfone groups is 1. The Hall–Kier alpha value is -2.02. The van der Waals surface area contributed by atoms with Crippen LogP contribution in [0.2, 0.25) is 0 Å². The van der Waals surface area contributed by atoms with Gasteiger partial charge in [0.2, 0.25) is 5.95 Å². The van der Waals surface area contributed by atoms with Crippen LogP contribution in [0.4, 0.5) is 10.3 Å². The number of rotatable bonds is 3. The van der Waals surface area contributed by atoms with Gasteiger partial charge in [-0.2, -0.15) is 0 Å². The second kappa shape index (κ2) is 4.93. The fourth-order valence-electron chi connectivity index (χ4n) is 1.61.